The molecule has 2 N–H and O–H groups in total. The Morgan fingerprint density at radius 1 is 1.38 bits per heavy atom. The molecule has 0 spiro atoms. The Kier molecular flexibility index (Phi) is 5.67. The fourth-order valence-electron chi connectivity index (χ4n) is 2.25. The lowest BCUT2D eigenvalue weighted by Crippen LogP contribution is -2.27. The van der Waals surface area contributed by atoms with E-state index in [1.165, 1.54) is 0 Å². The number of aliphatic hydroxyl groups is 1. The lowest BCUT2D eigenvalue weighted by Gasteiger charge is -2.22. The van der Waals surface area contributed by atoms with E-state index >= 15 is 0 Å². The molecule has 2 aromatic rings. The van der Waals surface area contributed by atoms with Crippen LogP contribution in [0.3, 0.4) is 0 Å². The number of hydrogen-bond donors (Lipinski definition) is 2. The van der Waals surface area contributed by atoms with Gasteiger partial charge >= 0.3 is 0 Å². The number of hydrogen-bond acceptors (Lipinski definition) is 4. The number of ether oxygens (including phenoxy) is 1. The highest BCUT2D eigenvalue weighted by Gasteiger charge is 2.19. The molecule has 1 heterocycles. The molecule has 0 fully saturated rings. The molecule has 21 heavy (non-hydrogen) atoms. The molecule has 0 aliphatic carbocycles. The first-order chi connectivity index (χ1) is 10.2. The maximum atomic E-state index is 9.54. The van der Waals surface area contributed by atoms with E-state index in [2.05, 4.69) is 5.32 Å². The Hall–Kier alpha value is -1.49. The Morgan fingerprint density at radius 3 is 2.81 bits per heavy atom. The second-order valence-corrected chi connectivity index (χ2v) is 5.19. The maximum Gasteiger partial charge on any atom is 0.124 e. The van der Waals surface area contributed by atoms with Crippen LogP contribution >= 0.6 is 11.6 Å². The number of nitrogens with one attached hydrogen (secondary N) is 1. The molecule has 4 nitrogen and oxygen atoms in total. The van der Waals surface area contributed by atoms with E-state index in [4.69, 9.17) is 20.8 Å². The lowest BCUT2D eigenvalue weighted by atomic mass is 10.1. The van der Waals surface area contributed by atoms with Crippen LogP contribution in [0.15, 0.2) is 41.0 Å². The topological polar surface area (TPSA) is 54.6 Å². The zero-order valence-corrected chi connectivity index (χ0v) is 12.9. The van der Waals surface area contributed by atoms with Crippen molar-refractivity contribution in [3.05, 3.63) is 52.9 Å². The highest BCUT2D eigenvalue weighted by Crippen LogP contribution is 2.30. The van der Waals surface area contributed by atoms with Crippen molar-refractivity contribution in [2.24, 2.45) is 0 Å². The van der Waals surface area contributed by atoms with Crippen LogP contribution in [0.25, 0.3) is 0 Å². The van der Waals surface area contributed by atoms with Gasteiger partial charge in [0.25, 0.3) is 0 Å². The standard InChI is InChI=1S/C16H20ClNO3/c1-3-20-15-7-6-12(17)9-13(15)11(2)18-14(10-19)16-5-4-8-21-16/h4-9,11,14,18-19H,3,10H2,1-2H3. The molecule has 1 aromatic heterocycles. The average Bonchev–Trinajstić information content (AvgIpc) is 3.00. The van der Waals surface area contributed by atoms with Gasteiger partial charge in [-0.05, 0) is 44.2 Å². The number of benzene rings is 1. The Labute approximate surface area is 129 Å². The molecule has 0 aliphatic heterocycles. The quantitative estimate of drug-likeness (QED) is 0.818. The summed E-state index contributed by atoms with van der Waals surface area (Å²) in [5.74, 6) is 1.49. The van der Waals surface area contributed by atoms with E-state index in [1.54, 1.807) is 18.4 Å². The summed E-state index contributed by atoms with van der Waals surface area (Å²) in [6.45, 7) is 4.47. The van der Waals surface area contributed by atoms with E-state index in [-0.39, 0.29) is 18.7 Å². The normalized spacial score (nSPS) is 13.9. The van der Waals surface area contributed by atoms with Gasteiger partial charge in [-0.25, -0.2) is 0 Å². The number of aliphatic hydroxyl groups excluding tert-OH is 1. The first-order valence-electron chi connectivity index (χ1n) is 6.98. The van der Waals surface area contributed by atoms with E-state index in [1.807, 2.05) is 32.0 Å². The minimum atomic E-state index is -0.275. The largest absolute Gasteiger partial charge is 0.494 e. The van der Waals surface area contributed by atoms with Crippen molar-refractivity contribution in [1.29, 1.82) is 0 Å². The van der Waals surface area contributed by atoms with Crippen LogP contribution in [0.4, 0.5) is 0 Å². The number of rotatable bonds is 7. The van der Waals surface area contributed by atoms with Crippen LogP contribution < -0.4 is 10.1 Å². The summed E-state index contributed by atoms with van der Waals surface area (Å²) in [5.41, 5.74) is 0.953. The molecular formula is C16H20ClNO3. The van der Waals surface area contributed by atoms with Crippen LogP contribution in [0, 0.1) is 0 Å². The molecule has 114 valence electrons. The third-order valence-corrected chi connectivity index (χ3v) is 3.49. The van der Waals surface area contributed by atoms with Crippen LogP contribution in [0.2, 0.25) is 5.02 Å². The molecule has 2 rings (SSSR count). The van der Waals surface area contributed by atoms with E-state index in [9.17, 15) is 5.11 Å². The van der Waals surface area contributed by atoms with E-state index in [0.29, 0.717) is 17.4 Å². The fraction of sp³-hybridized carbons (Fsp3) is 0.375. The monoisotopic (exact) mass is 309 g/mol. The van der Waals surface area contributed by atoms with Gasteiger partial charge in [0.15, 0.2) is 0 Å². The summed E-state index contributed by atoms with van der Waals surface area (Å²) in [5, 5.41) is 13.5. The molecule has 0 saturated heterocycles. The van der Waals surface area contributed by atoms with Gasteiger partial charge in [-0.2, -0.15) is 0 Å². The summed E-state index contributed by atoms with van der Waals surface area (Å²) >= 11 is 6.08. The van der Waals surface area contributed by atoms with Gasteiger partial charge in [-0.15, -0.1) is 0 Å². The summed E-state index contributed by atoms with van der Waals surface area (Å²) < 4.78 is 11.0. The summed E-state index contributed by atoms with van der Waals surface area (Å²) in [4.78, 5) is 0. The van der Waals surface area contributed by atoms with Crippen molar-refractivity contribution in [3.63, 3.8) is 0 Å². The van der Waals surface area contributed by atoms with Gasteiger partial charge in [-0.1, -0.05) is 11.6 Å². The zero-order chi connectivity index (χ0) is 15.2. The van der Waals surface area contributed by atoms with Crippen molar-refractivity contribution in [1.82, 2.24) is 5.32 Å². The third kappa shape index (κ3) is 4.00. The van der Waals surface area contributed by atoms with Crippen LogP contribution in [0.1, 0.15) is 37.3 Å². The average molecular weight is 310 g/mol. The van der Waals surface area contributed by atoms with Crippen LogP contribution in [0.5, 0.6) is 5.75 Å². The van der Waals surface area contributed by atoms with E-state index in [0.717, 1.165) is 11.3 Å². The molecule has 5 heteroatoms. The first-order valence-corrected chi connectivity index (χ1v) is 7.36. The zero-order valence-electron chi connectivity index (χ0n) is 12.2. The summed E-state index contributed by atoms with van der Waals surface area (Å²) in [6, 6.07) is 8.85. The van der Waals surface area contributed by atoms with Crippen LogP contribution in [-0.2, 0) is 0 Å². The molecule has 0 saturated carbocycles. The lowest BCUT2D eigenvalue weighted by molar-refractivity contribution is 0.216. The fourth-order valence-corrected chi connectivity index (χ4v) is 2.43. The molecule has 2 unspecified atom stereocenters. The van der Waals surface area contributed by atoms with Gasteiger partial charge in [0.05, 0.1) is 25.5 Å². The second kappa shape index (κ2) is 7.50. The maximum absolute atomic E-state index is 9.54. The Balaban J connectivity index is 2.19. The second-order valence-electron chi connectivity index (χ2n) is 4.75. The number of furan rings is 1. The third-order valence-electron chi connectivity index (χ3n) is 3.26. The highest BCUT2D eigenvalue weighted by atomic mass is 35.5. The minimum Gasteiger partial charge on any atom is -0.494 e. The first kappa shape index (κ1) is 15.9. The van der Waals surface area contributed by atoms with Gasteiger partial charge in [0.2, 0.25) is 0 Å². The van der Waals surface area contributed by atoms with Gasteiger partial charge < -0.3 is 14.3 Å². The predicted molar refractivity (Wildman–Crippen MR) is 82.7 cm³/mol. The smallest absolute Gasteiger partial charge is 0.124 e. The van der Waals surface area contributed by atoms with E-state index < -0.39 is 0 Å². The summed E-state index contributed by atoms with van der Waals surface area (Å²) in [7, 11) is 0. The van der Waals surface area contributed by atoms with Crippen molar-refractivity contribution in [2.75, 3.05) is 13.2 Å². The van der Waals surface area contributed by atoms with Gasteiger partial charge in [0, 0.05) is 16.6 Å². The highest BCUT2D eigenvalue weighted by molar-refractivity contribution is 6.30. The van der Waals surface area contributed by atoms with Gasteiger partial charge in [0.1, 0.15) is 11.5 Å². The van der Waals surface area contributed by atoms with Gasteiger partial charge in [-0.3, -0.25) is 5.32 Å². The molecular weight excluding hydrogens is 290 g/mol. The molecule has 2 atom stereocenters. The summed E-state index contributed by atoms with van der Waals surface area (Å²) in [6.07, 6.45) is 1.59. The molecule has 0 amide bonds. The SMILES string of the molecule is CCOc1ccc(Cl)cc1C(C)NC(CO)c1ccco1. The Bertz CT molecular complexity index is 557. The van der Waals surface area contributed by atoms with Crippen molar-refractivity contribution < 1.29 is 14.3 Å². The van der Waals surface area contributed by atoms with Crippen molar-refractivity contribution >= 4 is 11.6 Å². The molecule has 0 bridgehead atoms. The van der Waals surface area contributed by atoms with Crippen LogP contribution in [-0.4, -0.2) is 18.3 Å². The van der Waals surface area contributed by atoms with Crippen molar-refractivity contribution in [3.8, 4) is 5.75 Å². The van der Waals surface area contributed by atoms with Crippen molar-refractivity contribution in [2.45, 2.75) is 25.9 Å². The predicted octanol–water partition coefficient (Wildman–Crippen LogP) is 3.72. The Morgan fingerprint density at radius 2 is 2.19 bits per heavy atom. The minimum absolute atomic E-state index is 0.0486. The molecule has 1 aromatic carbocycles. The number of halogens is 1. The molecule has 0 aliphatic rings. The molecule has 0 radical (unpaired) electrons.